The smallest absolute Gasteiger partial charge is 0.338 e. The Balaban J connectivity index is 2.70. The number of methoxy groups -OCH3 is 1. The highest BCUT2D eigenvalue weighted by atomic mass is 16.5. The predicted molar refractivity (Wildman–Crippen MR) is 61.8 cm³/mol. The first kappa shape index (κ1) is 13.4. The molecule has 0 radical (unpaired) electrons. The van der Waals surface area contributed by atoms with E-state index in [2.05, 4.69) is 15.0 Å². The maximum Gasteiger partial charge on any atom is 0.338 e. The fourth-order valence-corrected chi connectivity index (χ4v) is 1.11. The Kier molecular flexibility index (Phi) is 4.42. The van der Waals surface area contributed by atoms with E-state index in [4.69, 9.17) is 5.11 Å². The number of pyridine rings is 1. The monoisotopic (exact) mass is 240 g/mol. The molecule has 0 aromatic carbocycles. The highest BCUT2D eigenvalue weighted by Gasteiger charge is 2.18. The molecule has 0 aliphatic rings. The Hall–Kier alpha value is -1.66. The summed E-state index contributed by atoms with van der Waals surface area (Å²) < 4.78 is 4.57. The van der Waals surface area contributed by atoms with E-state index >= 15 is 0 Å². The summed E-state index contributed by atoms with van der Waals surface area (Å²) in [6, 6.07) is 3.04. The van der Waals surface area contributed by atoms with E-state index in [1.54, 1.807) is 0 Å². The van der Waals surface area contributed by atoms with E-state index in [0.29, 0.717) is 11.4 Å². The van der Waals surface area contributed by atoms with Gasteiger partial charge in [0, 0.05) is 12.7 Å². The summed E-state index contributed by atoms with van der Waals surface area (Å²) in [6.45, 7) is 1.25. The number of anilines is 1. The van der Waals surface area contributed by atoms with Crippen LogP contribution in [0.15, 0.2) is 18.3 Å². The van der Waals surface area contributed by atoms with Crippen LogP contribution in [-0.4, -0.2) is 47.0 Å². The molecule has 0 bridgehead atoms. The third-order valence-corrected chi connectivity index (χ3v) is 2.17. The molecule has 6 heteroatoms. The van der Waals surface area contributed by atoms with Crippen LogP contribution in [0.1, 0.15) is 17.3 Å². The maximum absolute atomic E-state index is 11.3. The van der Waals surface area contributed by atoms with E-state index in [0.717, 1.165) is 0 Å². The number of rotatable bonds is 5. The second-order valence-electron chi connectivity index (χ2n) is 3.93. The first-order valence-electron chi connectivity index (χ1n) is 5.10. The Bertz CT molecular complexity index is 393. The van der Waals surface area contributed by atoms with Crippen LogP contribution >= 0.6 is 0 Å². The zero-order valence-corrected chi connectivity index (χ0v) is 9.80. The fraction of sp³-hybridized carbons (Fsp3) is 0.455. The van der Waals surface area contributed by atoms with Gasteiger partial charge in [-0.2, -0.15) is 0 Å². The van der Waals surface area contributed by atoms with Gasteiger partial charge in [0.05, 0.1) is 19.3 Å². The average Bonchev–Trinajstić information content (AvgIpc) is 2.36. The average molecular weight is 240 g/mol. The molecule has 0 amide bonds. The number of aromatic nitrogens is 1. The van der Waals surface area contributed by atoms with Crippen molar-refractivity contribution in [3.05, 3.63) is 23.9 Å². The van der Waals surface area contributed by atoms with Crippen LogP contribution in [0.3, 0.4) is 0 Å². The number of hydrogen-bond donors (Lipinski definition) is 3. The molecule has 1 aromatic rings. The van der Waals surface area contributed by atoms with Gasteiger partial charge in [-0.15, -0.1) is 0 Å². The lowest BCUT2D eigenvalue weighted by Crippen LogP contribution is -2.37. The largest absolute Gasteiger partial charge is 0.465 e. The van der Waals surface area contributed by atoms with Gasteiger partial charge in [0.2, 0.25) is 0 Å². The lowest BCUT2D eigenvalue weighted by Gasteiger charge is -2.20. The first-order chi connectivity index (χ1) is 7.98. The van der Waals surface area contributed by atoms with Crippen LogP contribution in [0.25, 0.3) is 0 Å². The van der Waals surface area contributed by atoms with Crippen molar-refractivity contribution in [1.82, 2.24) is 4.98 Å². The number of ether oxygens (including phenoxy) is 1. The van der Waals surface area contributed by atoms with Gasteiger partial charge in [-0.1, -0.05) is 0 Å². The lowest BCUT2D eigenvalue weighted by atomic mass is 10.1. The molecule has 0 spiro atoms. The van der Waals surface area contributed by atoms with Crippen LogP contribution in [0, 0.1) is 0 Å². The standard InChI is InChI=1S/C11H16N2O4/c1-11(16,7-14)6-13-9-5-8(3-4-12-9)10(15)17-2/h3-5,14,16H,6-7H2,1-2H3,(H,12,13). The van der Waals surface area contributed by atoms with E-state index in [1.807, 2.05) is 0 Å². The molecule has 0 aliphatic heterocycles. The minimum Gasteiger partial charge on any atom is -0.465 e. The summed E-state index contributed by atoms with van der Waals surface area (Å²) in [5.74, 6) is -0.0222. The molecule has 1 heterocycles. The zero-order valence-electron chi connectivity index (χ0n) is 9.80. The lowest BCUT2D eigenvalue weighted by molar-refractivity contribution is 0.0132. The topological polar surface area (TPSA) is 91.7 Å². The summed E-state index contributed by atoms with van der Waals surface area (Å²) in [5.41, 5.74) is -0.864. The molecule has 1 rings (SSSR count). The number of carbonyl (C=O) groups excluding carboxylic acids is 1. The molecule has 3 N–H and O–H groups in total. The van der Waals surface area contributed by atoms with E-state index in [1.165, 1.54) is 32.4 Å². The number of nitrogens with zero attached hydrogens (tertiary/aromatic N) is 1. The maximum atomic E-state index is 11.3. The van der Waals surface area contributed by atoms with Crippen molar-refractivity contribution in [3.8, 4) is 0 Å². The van der Waals surface area contributed by atoms with Gasteiger partial charge in [0.25, 0.3) is 0 Å². The number of carbonyl (C=O) groups is 1. The molecule has 0 saturated carbocycles. The quantitative estimate of drug-likeness (QED) is 0.629. The van der Waals surface area contributed by atoms with Gasteiger partial charge in [-0.25, -0.2) is 9.78 Å². The first-order valence-corrected chi connectivity index (χ1v) is 5.10. The van der Waals surface area contributed by atoms with Crippen molar-refractivity contribution in [2.75, 3.05) is 25.6 Å². The van der Waals surface area contributed by atoms with Crippen LogP contribution in [0.5, 0.6) is 0 Å². The van der Waals surface area contributed by atoms with Crippen molar-refractivity contribution in [1.29, 1.82) is 0 Å². The van der Waals surface area contributed by atoms with Crippen molar-refractivity contribution in [2.45, 2.75) is 12.5 Å². The van der Waals surface area contributed by atoms with E-state index in [9.17, 15) is 9.90 Å². The molecule has 0 aliphatic carbocycles. The van der Waals surface area contributed by atoms with Crippen molar-refractivity contribution in [3.63, 3.8) is 0 Å². The Morgan fingerprint density at radius 2 is 2.35 bits per heavy atom. The summed E-state index contributed by atoms with van der Waals surface area (Å²) in [7, 11) is 1.30. The van der Waals surface area contributed by atoms with E-state index in [-0.39, 0.29) is 13.2 Å². The second kappa shape index (κ2) is 5.60. The Morgan fingerprint density at radius 1 is 1.65 bits per heavy atom. The number of nitrogens with one attached hydrogen (secondary N) is 1. The zero-order chi connectivity index (χ0) is 12.9. The molecule has 1 aromatic heterocycles. The number of aliphatic hydroxyl groups is 2. The van der Waals surface area contributed by atoms with Gasteiger partial charge >= 0.3 is 5.97 Å². The molecule has 6 nitrogen and oxygen atoms in total. The normalized spacial score (nSPS) is 13.9. The highest BCUT2D eigenvalue weighted by molar-refractivity contribution is 5.89. The molecular weight excluding hydrogens is 224 g/mol. The summed E-state index contributed by atoms with van der Waals surface area (Å²) in [5, 5.41) is 21.3. The Morgan fingerprint density at radius 3 is 2.94 bits per heavy atom. The van der Waals surface area contributed by atoms with Gasteiger partial charge in [0.15, 0.2) is 0 Å². The van der Waals surface area contributed by atoms with E-state index < -0.39 is 11.6 Å². The van der Waals surface area contributed by atoms with Crippen LogP contribution in [0.4, 0.5) is 5.82 Å². The third-order valence-electron chi connectivity index (χ3n) is 2.17. The van der Waals surface area contributed by atoms with Crippen LogP contribution in [0.2, 0.25) is 0 Å². The van der Waals surface area contributed by atoms with Crippen molar-refractivity contribution in [2.24, 2.45) is 0 Å². The van der Waals surface area contributed by atoms with Crippen molar-refractivity contribution >= 4 is 11.8 Å². The number of esters is 1. The van der Waals surface area contributed by atoms with Gasteiger partial charge < -0.3 is 20.3 Å². The highest BCUT2D eigenvalue weighted by Crippen LogP contribution is 2.10. The predicted octanol–water partition coefficient (Wildman–Crippen LogP) is 0.0234. The molecule has 1 atom stereocenters. The minimum absolute atomic E-state index is 0.126. The summed E-state index contributed by atoms with van der Waals surface area (Å²) in [6.07, 6.45) is 1.46. The fourth-order valence-electron chi connectivity index (χ4n) is 1.11. The van der Waals surface area contributed by atoms with Crippen molar-refractivity contribution < 1.29 is 19.7 Å². The van der Waals surface area contributed by atoms with Crippen LogP contribution in [-0.2, 0) is 4.74 Å². The third kappa shape index (κ3) is 4.01. The SMILES string of the molecule is COC(=O)c1ccnc(NCC(C)(O)CO)c1. The molecule has 0 saturated heterocycles. The van der Waals surface area contributed by atoms with Crippen LogP contribution < -0.4 is 5.32 Å². The van der Waals surface area contributed by atoms with Gasteiger partial charge in [-0.05, 0) is 19.1 Å². The summed E-state index contributed by atoms with van der Waals surface area (Å²) in [4.78, 5) is 15.2. The minimum atomic E-state index is -1.23. The Labute approximate surface area is 99.3 Å². The molecule has 17 heavy (non-hydrogen) atoms. The molecule has 0 fully saturated rings. The molecule has 1 unspecified atom stereocenters. The molecule has 94 valence electrons. The summed E-state index contributed by atoms with van der Waals surface area (Å²) >= 11 is 0. The van der Waals surface area contributed by atoms with Gasteiger partial charge in [-0.3, -0.25) is 0 Å². The second-order valence-corrected chi connectivity index (χ2v) is 3.93. The van der Waals surface area contributed by atoms with Gasteiger partial charge in [0.1, 0.15) is 11.4 Å². The molecular formula is C11H16N2O4. The number of hydrogen-bond acceptors (Lipinski definition) is 6. The number of aliphatic hydroxyl groups excluding tert-OH is 1.